The fourth-order valence-electron chi connectivity index (χ4n) is 1.68. The number of benzene rings is 1. The van der Waals surface area contributed by atoms with Gasteiger partial charge in [-0.3, -0.25) is 4.98 Å². The van der Waals surface area contributed by atoms with Crippen LogP contribution in [0, 0.1) is 6.92 Å². The zero-order valence-corrected chi connectivity index (χ0v) is 10.8. The van der Waals surface area contributed by atoms with Crippen molar-refractivity contribution in [3.63, 3.8) is 0 Å². The summed E-state index contributed by atoms with van der Waals surface area (Å²) in [6.07, 6.45) is 3.53. The van der Waals surface area contributed by atoms with E-state index in [-0.39, 0.29) is 6.04 Å². The summed E-state index contributed by atoms with van der Waals surface area (Å²) in [7, 11) is 0. The predicted molar refractivity (Wildman–Crippen MR) is 71.5 cm³/mol. The molecule has 0 spiro atoms. The standard InChI is InChI=1S/C13H12Cl2N2/c1-8-4-9(7-17-6-8)13(16)11-5-10(14)2-3-12(11)15/h2-7,13H,16H2,1H3. The highest BCUT2D eigenvalue weighted by atomic mass is 35.5. The van der Waals surface area contributed by atoms with Crippen LogP contribution in [0.4, 0.5) is 0 Å². The van der Waals surface area contributed by atoms with Crippen molar-refractivity contribution >= 4 is 23.2 Å². The van der Waals surface area contributed by atoms with Crippen LogP contribution in [0.5, 0.6) is 0 Å². The van der Waals surface area contributed by atoms with Gasteiger partial charge in [0.15, 0.2) is 0 Å². The Bertz CT molecular complexity index is 541. The van der Waals surface area contributed by atoms with Crippen molar-refractivity contribution in [1.82, 2.24) is 4.98 Å². The van der Waals surface area contributed by atoms with Gasteiger partial charge in [0.1, 0.15) is 0 Å². The summed E-state index contributed by atoms with van der Waals surface area (Å²) in [5, 5.41) is 1.24. The highest BCUT2D eigenvalue weighted by Gasteiger charge is 2.13. The Morgan fingerprint density at radius 3 is 2.65 bits per heavy atom. The Balaban J connectivity index is 2.43. The lowest BCUT2D eigenvalue weighted by molar-refractivity contribution is 0.861. The topological polar surface area (TPSA) is 38.9 Å². The highest BCUT2D eigenvalue weighted by molar-refractivity contribution is 6.33. The number of nitrogens with two attached hydrogens (primary N) is 1. The maximum atomic E-state index is 6.17. The molecule has 0 amide bonds. The van der Waals surface area contributed by atoms with Crippen molar-refractivity contribution in [3.8, 4) is 0 Å². The number of nitrogens with zero attached hydrogens (tertiary/aromatic N) is 1. The minimum absolute atomic E-state index is 0.311. The lowest BCUT2D eigenvalue weighted by Gasteiger charge is -2.14. The monoisotopic (exact) mass is 266 g/mol. The van der Waals surface area contributed by atoms with Crippen molar-refractivity contribution in [1.29, 1.82) is 0 Å². The molecule has 0 saturated carbocycles. The Morgan fingerprint density at radius 1 is 1.18 bits per heavy atom. The van der Waals surface area contributed by atoms with Crippen molar-refractivity contribution in [3.05, 3.63) is 63.4 Å². The van der Waals surface area contributed by atoms with Gasteiger partial charge in [-0.2, -0.15) is 0 Å². The molecule has 0 fully saturated rings. The first-order valence-corrected chi connectivity index (χ1v) is 5.95. The van der Waals surface area contributed by atoms with Gasteiger partial charge in [0, 0.05) is 22.4 Å². The summed E-state index contributed by atoms with van der Waals surface area (Å²) in [5.41, 5.74) is 8.97. The molecule has 1 unspecified atom stereocenters. The molecule has 2 rings (SSSR count). The van der Waals surface area contributed by atoms with Gasteiger partial charge in [0.05, 0.1) is 6.04 Å². The second-order valence-electron chi connectivity index (χ2n) is 3.94. The van der Waals surface area contributed by atoms with Crippen molar-refractivity contribution < 1.29 is 0 Å². The van der Waals surface area contributed by atoms with Crippen LogP contribution in [0.15, 0.2) is 36.7 Å². The number of halogens is 2. The number of pyridine rings is 1. The maximum absolute atomic E-state index is 6.17. The molecule has 1 aromatic carbocycles. The second kappa shape index (κ2) is 5.05. The Kier molecular flexibility index (Phi) is 3.67. The van der Waals surface area contributed by atoms with Crippen LogP contribution >= 0.6 is 23.2 Å². The van der Waals surface area contributed by atoms with Crippen molar-refractivity contribution in [2.45, 2.75) is 13.0 Å². The van der Waals surface area contributed by atoms with Gasteiger partial charge in [0.2, 0.25) is 0 Å². The van der Waals surface area contributed by atoms with E-state index in [2.05, 4.69) is 4.98 Å². The number of hydrogen-bond donors (Lipinski definition) is 1. The van der Waals surface area contributed by atoms with E-state index >= 15 is 0 Å². The summed E-state index contributed by atoms with van der Waals surface area (Å²) in [6.45, 7) is 1.97. The van der Waals surface area contributed by atoms with Gasteiger partial charge < -0.3 is 5.73 Å². The van der Waals surface area contributed by atoms with Gasteiger partial charge in [-0.1, -0.05) is 29.3 Å². The zero-order valence-electron chi connectivity index (χ0n) is 9.32. The normalized spacial score (nSPS) is 12.5. The van der Waals surface area contributed by atoms with E-state index in [1.807, 2.05) is 13.0 Å². The van der Waals surface area contributed by atoms with Crippen LogP contribution in [-0.2, 0) is 0 Å². The molecule has 0 radical (unpaired) electrons. The minimum atomic E-state index is -0.311. The molecule has 1 heterocycles. The van der Waals surface area contributed by atoms with Gasteiger partial charge >= 0.3 is 0 Å². The van der Waals surface area contributed by atoms with E-state index < -0.39 is 0 Å². The number of hydrogen-bond acceptors (Lipinski definition) is 2. The van der Waals surface area contributed by atoms with Crippen LogP contribution in [0.2, 0.25) is 10.0 Å². The molecule has 0 aliphatic heterocycles. The van der Waals surface area contributed by atoms with E-state index in [0.717, 1.165) is 16.7 Å². The van der Waals surface area contributed by atoms with Crippen LogP contribution in [-0.4, -0.2) is 4.98 Å². The third-order valence-electron chi connectivity index (χ3n) is 2.55. The molecule has 88 valence electrons. The molecule has 0 saturated heterocycles. The molecule has 0 aliphatic rings. The minimum Gasteiger partial charge on any atom is -0.320 e. The molecule has 2 aromatic rings. The third-order valence-corrected chi connectivity index (χ3v) is 3.13. The smallest absolute Gasteiger partial charge is 0.0582 e. The molecule has 0 bridgehead atoms. The molecule has 17 heavy (non-hydrogen) atoms. The van der Waals surface area contributed by atoms with Crippen LogP contribution in [0.3, 0.4) is 0 Å². The first kappa shape index (κ1) is 12.4. The summed E-state index contributed by atoms with van der Waals surface area (Å²) in [5.74, 6) is 0. The first-order valence-electron chi connectivity index (χ1n) is 5.20. The van der Waals surface area contributed by atoms with E-state index in [1.165, 1.54) is 0 Å². The van der Waals surface area contributed by atoms with E-state index in [0.29, 0.717) is 10.0 Å². The SMILES string of the molecule is Cc1cncc(C(N)c2cc(Cl)ccc2Cl)c1. The van der Waals surface area contributed by atoms with Gasteiger partial charge in [-0.25, -0.2) is 0 Å². The van der Waals surface area contributed by atoms with Gasteiger partial charge in [-0.15, -0.1) is 0 Å². The lowest BCUT2D eigenvalue weighted by atomic mass is 10.0. The zero-order chi connectivity index (χ0) is 12.4. The van der Waals surface area contributed by atoms with Gasteiger partial charge in [-0.05, 0) is 41.8 Å². The maximum Gasteiger partial charge on any atom is 0.0582 e. The average Bonchev–Trinajstić information content (AvgIpc) is 2.31. The summed E-state index contributed by atoms with van der Waals surface area (Å²) in [4.78, 5) is 4.13. The Labute approximate surface area is 110 Å². The highest BCUT2D eigenvalue weighted by Crippen LogP contribution is 2.28. The number of aryl methyl sites for hydroxylation is 1. The van der Waals surface area contributed by atoms with E-state index in [4.69, 9.17) is 28.9 Å². The third kappa shape index (κ3) is 2.78. The molecular formula is C13H12Cl2N2. The first-order chi connectivity index (χ1) is 8.08. The Hall–Kier alpha value is -1.09. The average molecular weight is 267 g/mol. The summed E-state index contributed by atoms with van der Waals surface area (Å²) in [6, 6.07) is 6.97. The van der Waals surface area contributed by atoms with E-state index in [9.17, 15) is 0 Å². The lowest BCUT2D eigenvalue weighted by Crippen LogP contribution is -2.12. The molecule has 0 aliphatic carbocycles. The molecule has 2 N–H and O–H groups in total. The fourth-order valence-corrected chi connectivity index (χ4v) is 2.10. The van der Waals surface area contributed by atoms with Crippen molar-refractivity contribution in [2.75, 3.05) is 0 Å². The summed E-state index contributed by atoms with van der Waals surface area (Å²) < 4.78 is 0. The largest absolute Gasteiger partial charge is 0.320 e. The molecular weight excluding hydrogens is 255 g/mol. The molecule has 2 nitrogen and oxygen atoms in total. The summed E-state index contributed by atoms with van der Waals surface area (Å²) >= 11 is 12.1. The quantitative estimate of drug-likeness (QED) is 0.900. The van der Waals surface area contributed by atoms with Crippen LogP contribution < -0.4 is 5.73 Å². The van der Waals surface area contributed by atoms with Crippen molar-refractivity contribution in [2.24, 2.45) is 5.73 Å². The number of rotatable bonds is 2. The Morgan fingerprint density at radius 2 is 1.94 bits per heavy atom. The second-order valence-corrected chi connectivity index (χ2v) is 4.78. The number of aromatic nitrogens is 1. The fraction of sp³-hybridized carbons (Fsp3) is 0.154. The van der Waals surface area contributed by atoms with E-state index in [1.54, 1.807) is 30.6 Å². The predicted octanol–water partition coefficient (Wildman–Crippen LogP) is 3.74. The molecule has 1 aromatic heterocycles. The van der Waals surface area contributed by atoms with Crippen LogP contribution in [0.1, 0.15) is 22.7 Å². The molecule has 4 heteroatoms. The van der Waals surface area contributed by atoms with Crippen LogP contribution in [0.25, 0.3) is 0 Å². The van der Waals surface area contributed by atoms with Gasteiger partial charge in [0.25, 0.3) is 0 Å². The molecule has 1 atom stereocenters.